The number of carbonyl (C=O) groups is 2. The van der Waals surface area contributed by atoms with Gasteiger partial charge < -0.3 is 20.3 Å². The summed E-state index contributed by atoms with van der Waals surface area (Å²) in [5, 5.41) is 21.5. The Bertz CT molecular complexity index is 1220. The molecule has 4 rings (SSSR count). The number of aromatic carboxylic acids is 2. The van der Waals surface area contributed by atoms with Crippen molar-refractivity contribution in [1.82, 2.24) is 0 Å². The van der Waals surface area contributed by atoms with Gasteiger partial charge in [0.15, 0.2) is 11.5 Å². The van der Waals surface area contributed by atoms with Crippen molar-refractivity contribution in [1.29, 1.82) is 0 Å². The predicted molar refractivity (Wildman–Crippen MR) is 97.7 cm³/mol. The molecule has 0 saturated carbocycles. The first-order chi connectivity index (χ1) is 13.5. The average molecular weight is 424 g/mol. The van der Waals surface area contributed by atoms with Crippen LogP contribution in [0, 0.1) is 0 Å². The Morgan fingerprint density at radius 1 is 0.931 bits per heavy atom. The average Bonchev–Trinajstić information content (AvgIpc) is 2.62. The van der Waals surface area contributed by atoms with Gasteiger partial charge in [-0.05, 0) is 47.2 Å². The number of anilines is 2. The van der Waals surface area contributed by atoms with E-state index in [0.717, 1.165) is 24.3 Å². The number of ether oxygens (including phenoxy) is 1. The summed E-state index contributed by atoms with van der Waals surface area (Å²) < 4.78 is 45.0. The number of fused-ring (bicyclic) bond motifs is 3. The Kier molecular flexibility index (Phi) is 4.09. The standard InChI is InChI=1S/C19H9ClF3NO5/c20-12-3-8-5-14-13(4-7(8)2-11(12)19(21,22)23)24-16-10(18(27)28)1-9(17(25)26)6-15(16)29-14/h1-6,24H,(H,25,26)(H,27,28). The Labute approximate surface area is 165 Å². The molecule has 1 aliphatic heterocycles. The summed E-state index contributed by atoms with van der Waals surface area (Å²) in [6.07, 6.45) is -4.64. The van der Waals surface area contributed by atoms with Gasteiger partial charge in [-0.3, -0.25) is 0 Å². The first kappa shape index (κ1) is 18.9. The molecule has 0 fully saturated rings. The highest BCUT2D eigenvalue weighted by molar-refractivity contribution is 6.32. The summed E-state index contributed by atoms with van der Waals surface area (Å²) in [4.78, 5) is 22.8. The second kappa shape index (κ2) is 6.28. The van der Waals surface area contributed by atoms with Crippen LogP contribution >= 0.6 is 11.6 Å². The van der Waals surface area contributed by atoms with E-state index in [1.165, 1.54) is 12.1 Å². The Hall–Kier alpha value is -3.46. The highest BCUT2D eigenvalue weighted by Gasteiger charge is 2.34. The number of rotatable bonds is 2. The van der Waals surface area contributed by atoms with Crippen LogP contribution in [0.15, 0.2) is 36.4 Å². The van der Waals surface area contributed by atoms with Gasteiger partial charge in [-0.2, -0.15) is 13.2 Å². The zero-order chi connectivity index (χ0) is 21.1. The van der Waals surface area contributed by atoms with E-state index in [0.29, 0.717) is 5.39 Å². The van der Waals surface area contributed by atoms with Crippen LogP contribution in [-0.4, -0.2) is 22.2 Å². The van der Waals surface area contributed by atoms with Crippen LogP contribution in [-0.2, 0) is 6.18 Å². The molecule has 0 unspecified atom stereocenters. The monoisotopic (exact) mass is 423 g/mol. The lowest BCUT2D eigenvalue weighted by Gasteiger charge is -2.24. The maximum absolute atomic E-state index is 13.1. The van der Waals surface area contributed by atoms with Crippen molar-refractivity contribution in [2.45, 2.75) is 6.18 Å². The molecule has 0 amide bonds. The van der Waals surface area contributed by atoms with Crippen molar-refractivity contribution in [3.8, 4) is 11.5 Å². The lowest BCUT2D eigenvalue weighted by molar-refractivity contribution is -0.137. The van der Waals surface area contributed by atoms with Crippen molar-refractivity contribution in [2.24, 2.45) is 0 Å². The molecular weight excluding hydrogens is 415 g/mol. The second-order valence-electron chi connectivity index (χ2n) is 6.26. The van der Waals surface area contributed by atoms with Crippen LogP contribution in [0.25, 0.3) is 10.8 Å². The molecule has 10 heteroatoms. The van der Waals surface area contributed by atoms with Gasteiger partial charge >= 0.3 is 18.1 Å². The minimum absolute atomic E-state index is 0.000594. The fourth-order valence-electron chi connectivity index (χ4n) is 3.07. The number of benzene rings is 3. The van der Waals surface area contributed by atoms with Crippen LogP contribution in [0.2, 0.25) is 5.02 Å². The first-order valence-corrected chi connectivity index (χ1v) is 8.36. The molecule has 0 bridgehead atoms. The lowest BCUT2D eigenvalue weighted by atomic mass is 10.0. The Morgan fingerprint density at radius 2 is 1.62 bits per heavy atom. The molecule has 0 atom stereocenters. The maximum Gasteiger partial charge on any atom is 0.417 e. The van der Waals surface area contributed by atoms with E-state index >= 15 is 0 Å². The zero-order valence-electron chi connectivity index (χ0n) is 14.1. The van der Waals surface area contributed by atoms with Crippen LogP contribution in [0.1, 0.15) is 26.3 Å². The molecule has 3 aromatic carbocycles. The summed E-state index contributed by atoms with van der Waals surface area (Å²) in [5.41, 5.74) is -1.41. The highest BCUT2D eigenvalue weighted by atomic mass is 35.5. The molecule has 1 aliphatic rings. The van der Waals surface area contributed by atoms with Crippen LogP contribution in [0.4, 0.5) is 24.5 Å². The van der Waals surface area contributed by atoms with Gasteiger partial charge in [0.1, 0.15) is 0 Å². The van der Waals surface area contributed by atoms with E-state index in [4.69, 9.17) is 16.3 Å². The van der Waals surface area contributed by atoms with E-state index < -0.39 is 28.7 Å². The molecule has 1 heterocycles. The molecule has 0 aliphatic carbocycles. The molecule has 0 spiro atoms. The molecule has 3 N–H and O–H groups in total. The van der Waals surface area contributed by atoms with Crippen LogP contribution < -0.4 is 10.1 Å². The maximum atomic E-state index is 13.1. The van der Waals surface area contributed by atoms with Crippen molar-refractivity contribution >= 4 is 45.7 Å². The number of carboxylic acids is 2. The second-order valence-corrected chi connectivity index (χ2v) is 6.67. The third-order valence-corrected chi connectivity index (χ3v) is 4.70. The van der Waals surface area contributed by atoms with E-state index in [-0.39, 0.29) is 39.4 Å². The SMILES string of the molecule is O=C(O)c1cc2c(c(C(=O)O)c1)Nc1cc3cc(C(F)(F)F)c(Cl)cc3cc1O2. The van der Waals surface area contributed by atoms with E-state index in [9.17, 15) is 33.0 Å². The van der Waals surface area contributed by atoms with Gasteiger partial charge in [-0.25, -0.2) is 9.59 Å². The van der Waals surface area contributed by atoms with Crippen molar-refractivity contribution in [2.75, 3.05) is 5.32 Å². The van der Waals surface area contributed by atoms with Crippen LogP contribution in [0.5, 0.6) is 11.5 Å². The van der Waals surface area contributed by atoms with Gasteiger partial charge in [0.05, 0.1) is 33.1 Å². The molecule has 0 aromatic heterocycles. The van der Waals surface area contributed by atoms with Gasteiger partial charge in [0.2, 0.25) is 0 Å². The summed E-state index contributed by atoms with van der Waals surface area (Å²) in [5.74, 6) is -2.59. The summed E-state index contributed by atoms with van der Waals surface area (Å²) in [6.45, 7) is 0. The molecule has 6 nitrogen and oxygen atoms in total. The van der Waals surface area contributed by atoms with Gasteiger partial charge in [-0.1, -0.05) is 11.6 Å². The largest absolute Gasteiger partial charge is 0.478 e. The van der Waals surface area contributed by atoms with E-state index in [1.54, 1.807) is 0 Å². The van der Waals surface area contributed by atoms with Crippen molar-refractivity contribution in [3.63, 3.8) is 0 Å². The molecule has 0 saturated heterocycles. The fraction of sp³-hybridized carbons (Fsp3) is 0.0526. The van der Waals surface area contributed by atoms with Crippen molar-refractivity contribution in [3.05, 3.63) is 58.1 Å². The molecule has 0 radical (unpaired) electrons. The lowest BCUT2D eigenvalue weighted by Crippen LogP contribution is -2.11. The zero-order valence-corrected chi connectivity index (χ0v) is 14.9. The Balaban J connectivity index is 1.89. The highest BCUT2D eigenvalue weighted by Crippen LogP contribution is 2.47. The fourth-order valence-corrected chi connectivity index (χ4v) is 3.35. The van der Waals surface area contributed by atoms with Crippen LogP contribution in [0.3, 0.4) is 0 Å². The number of halogens is 4. The third-order valence-electron chi connectivity index (χ3n) is 4.39. The first-order valence-electron chi connectivity index (χ1n) is 7.98. The van der Waals surface area contributed by atoms with Gasteiger partial charge in [-0.15, -0.1) is 0 Å². The summed E-state index contributed by atoms with van der Waals surface area (Å²) in [6, 6.07) is 6.96. The molecule has 148 valence electrons. The number of carboxylic acid groups (broad SMARTS) is 2. The third kappa shape index (κ3) is 3.19. The van der Waals surface area contributed by atoms with E-state index in [2.05, 4.69) is 5.32 Å². The molecular formula is C19H9ClF3NO5. The molecule has 29 heavy (non-hydrogen) atoms. The normalized spacial score (nSPS) is 12.6. The molecule has 3 aromatic rings. The van der Waals surface area contributed by atoms with E-state index in [1.807, 2.05) is 0 Å². The number of hydrogen-bond donors (Lipinski definition) is 3. The predicted octanol–water partition coefficient (Wildman–Crippen LogP) is 5.76. The number of alkyl halides is 3. The summed E-state index contributed by atoms with van der Waals surface area (Å²) >= 11 is 5.76. The van der Waals surface area contributed by atoms with Gasteiger partial charge in [0.25, 0.3) is 0 Å². The smallest absolute Gasteiger partial charge is 0.417 e. The van der Waals surface area contributed by atoms with Gasteiger partial charge in [0, 0.05) is 0 Å². The number of hydrogen-bond acceptors (Lipinski definition) is 4. The number of nitrogens with one attached hydrogen (secondary N) is 1. The quantitative estimate of drug-likeness (QED) is 0.379. The minimum Gasteiger partial charge on any atom is -0.478 e. The Morgan fingerprint density at radius 3 is 2.24 bits per heavy atom. The topological polar surface area (TPSA) is 95.9 Å². The minimum atomic E-state index is -4.64. The van der Waals surface area contributed by atoms with Crippen molar-refractivity contribution < 1.29 is 37.7 Å². The summed E-state index contributed by atoms with van der Waals surface area (Å²) in [7, 11) is 0.